The zero-order valence-electron chi connectivity index (χ0n) is 15.4. The van der Waals surface area contributed by atoms with E-state index in [1.54, 1.807) is 10.6 Å². The molecule has 30 heavy (non-hydrogen) atoms. The number of carbonyl (C=O) groups excluding carboxylic acids is 2. The van der Waals surface area contributed by atoms with Gasteiger partial charge in [0.1, 0.15) is 17.1 Å². The average Bonchev–Trinajstić information content (AvgIpc) is 2.65. The van der Waals surface area contributed by atoms with Gasteiger partial charge in [-0.3, -0.25) is 10.1 Å². The number of methoxy groups -OCH3 is 2. The summed E-state index contributed by atoms with van der Waals surface area (Å²) in [4.78, 5) is 24.4. The monoisotopic (exact) mass is 436 g/mol. The van der Waals surface area contributed by atoms with Crippen molar-refractivity contribution in [2.24, 2.45) is 0 Å². The molecule has 0 aliphatic rings. The number of nitrogens with one attached hydrogen (secondary N) is 2. The zero-order valence-corrected chi connectivity index (χ0v) is 15.4. The summed E-state index contributed by atoms with van der Waals surface area (Å²) >= 11 is 0. The lowest BCUT2D eigenvalue weighted by molar-refractivity contribution is -0.143. The maximum absolute atomic E-state index is 12.9. The van der Waals surface area contributed by atoms with E-state index in [1.165, 1.54) is 32.4 Å². The summed E-state index contributed by atoms with van der Waals surface area (Å²) in [6.45, 7) is 0. The minimum absolute atomic E-state index is 0.0260. The van der Waals surface area contributed by atoms with Gasteiger partial charge in [0.25, 0.3) is 5.91 Å². The third kappa shape index (κ3) is 5.33. The molecule has 2 aromatic carbocycles. The van der Waals surface area contributed by atoms with Gasteiger partial charge in [0.05, 0.1) is 25.3 Å². The van der Waals surface area contributed by atoms with Gasteiger partial charge in [-0.25, -0.2) is 4.79 Å². The molecule has 0 aliphatic carbocycles. The van der Waals surface area contributed by atoms with Gasteiger partial charge in [-0.15, -0.1) is 0 Å². The minimum Gasteiger partial charge on any atom is -0.496 e. The van der Waals surface area contributed by atoms with Gasteiger partial charge in [0.15, 0.2) is 0 Å². The van der Waals surface area contributed by atoms with Gasteiger partial charge in [-0.05, 0) is 30.3 Å². The normalized spacial score (nSPS) is 11.6. The molecule has 0 spiro atoms. The molecule has 0 radical (unpaired) electrons. The van der Waals surface area contributed by atoms with E-state index in [0.29, 0.717) is 12.1 Å². The van der Waals surface area contributed by atoms with Crippen LogP contribution in [0.5, 0.6) is 11.5 Å². The van der Waals surface area contributed by atoms with Crippen LogP contribution in [-0.2, 0) is 12.4 Å². The van der Waals surface area contributed by atoms with Crippen molar-refractivity contribution in [2.75, 3.05) is 19.5 Å². The molecular formula is C18H14F6N2O4. The SMILES string of the molecule is COc1cccc(OC)c1C(=O)NC(=O)Nc1cc(C(F)(F)F)cc(C(F)(F)F)c1. The number of benzene rings is 2. The lowest BCUT2D eigenvalue weighted by Gasteiger charge is -2.15. The van der Waals surface area contributed by atoms with E-state index in [0.717, 1.165) is 0 Å². The Morgan fingerprint density at radius 2 is 1.30 bits per heavy atom. The standard InChI is InChI=1S/C18H14F6N2O4/c1-29-12-4-3-5-13(30-2)14(12)15(27)26-16(28)25-11-7-9(17(19,20)21)6-10(8-11)18(22,23)24/h3-8H,1-2H3,(H2,25,26,27,28). The molecular weight excluding hydrogens is 422 g/mol. The fourth-order valence-electron chi connectivity index (χ4n) is 2.43. The Morgan fingerprint density at radius 1 is 0.833 bits per heavy atom. The van der Waals surface area contributed by atoms with E-state index < -0.39 is 41.1 Å². The fraction of sp³-hybridized carbons (Fsp3) is 0.222. The number of carbonyl (C=O) groups is 2. The number of alkyl halides is 6. The third-order valence-electron chi connectivity index (χ3n) is 3.73. The van der Waals surface area contributed by atoms with Crippen LogP contribution in [0.4, 0.5) is 36.8 Å². The van der Waals surface area contributed by atoms with E-state index >= 15 is 0 Å². The summed E-state index contributed by atoms with van der Waals surface area (Å²) in [5.41, 5.74) is -4.25. The second kappa shape index (κ2) is 8.51. The summed E-state index contributed by atoms with van der Waals surface area (Å²) in [5.74, 6) is -0.999. The minimum atomic E-state index is -5.09. The predicted molar refractivity (Wildman–Crippen MR) is 92.5 cm³/mol. The Bertz CT molecular complexity index is 902. The molecule has 0 saturated carbocycles. The van der Waals surface area contributed by atoms with Crippen molar-refractivity contribution >= 4 is 17.6 Å². The van der Waals surface area contributed by atoms with E-state index in [9.17, 15) is 35.9 Å². The maximum Gasteiger partial charge on any atom is 0.416 e. The van der Waals surface area contributed by atoms with Crippen molar-refractivity contribution in [3.63, 3.8) is 0 Å². The average molecular weight is 436 g/mol. The van der Waals surface area contributed by atoms with E-state index in [1.807, 2.05) is 0 Å². The van der Waals surface area contributed by atoms with Crippen LogP contribution < -0.4 is 20.1 Å². The second-order valence-electron chi connectivity index (χ2n) is 5.74. The molecule has 12 heteroatoms. The molecule has 2 N–H and O–H groups in total. The van der Waals surface area contributed by atoms with Crippen LogP contribution in [0.25, 0.3) is 0 Å². The van der Waals surface area contributed by atoms with Crippen LogP contribution in [0.15, 0.2) is 36.4 Å². The number of ether oxygens (including phenoxy) is 2. The molecule has 0 fully saturated rings. The van der Waals surface area contributed by atoms with Crippen molar-refractivity contribution < 1.29 is 45.4 Å². The number of hydrogen-bond acceptors (Lipinski definition) is 4. The molecule has 3 amide bonds. The quantitative estimate of drug-likeness (QED) is 0.682. The molecule has 0 aliphatic heterocycles. The Balaban J connectivity index is 2.30. The number of hydrogen-bond donors (Lipinski definition) is 2. The highest BCUT2D eigenvalue weighted by Gasteiger charge is 2.37. The van der Waals surface area contributed by atoms with E-state index in [-0.39, 0.29) is 23.1 Å². The summed E-state index contributed by atoms with van der Waals surface area (Å²) in [7, 11) is 2.49. The zero-order chi connectivity index (χ0) is 22.7. The van der Waals surface area contributed by atoms with Crippen LogP contribution >= 0.6 is 0 Å². The van der Waals surface area contributed by atoms with Crippen molar-refractivity contribution in [3.8, 4) is 11.5 Å². The molecule has 0 unspecified atom stereocenters. The molecule has 0 heterocycles. The number of imide groups is 1. The Labute approximate surface area is 165 Å². The number of anilines is 1. The topological polar surface area (TPSA) is 76.7 Å². The van der Waals surface area contributed by atoms with Gasteiger partial charge in [-0.1, -0.05) is 6.07 Å². The summed E-state index contributed by atoms with van der Waals surface area (Å²) in [6, 6.07) is 3.44. The smallest absolute Gasteiger partial charge is 0.416 e. The van der Waals surface area contributed by atoms with E-state index in [2.05, 4.69) is 0 Å². The molecule has 162 valence electrons. The lowest BCUT2D eigenvalue weighted by atomic mass is 10.1. The van der Waals surface area contributed by atoms with Crippen LogP contribution in [0.3, 0.4) is 0 Å². The first-order valence-corrected chi connectivity index (χ1v) is 7.99. The second-order valence-corrected chi connectivity index (χ2v) is 5.74. The van der Waals surface area contributed by atoms with Gasteiger partial charge >= 0.3 is 18.4 Å². The van der Waals surface area contributed by atoms with Crippen molar-refractivity contribution in [1.29, 1.82) is 0 Å². The molecule has 0 atom stereocenters. The van der Waals surface area contributed by atoms with Gasteiger partial charge in [0, 0.05) is 5.69 Å². The Kier molecular flexibility index (Phi) is 6.48. The van der Waals surface area contributed by atoms with Crippen LogP contribution in [0, 0.1) is 0 Å². The van der Waals surface area contributed by atoms with Crippen molar-refractivity contribution in [2.45, 2.75) is 12.4 Å². The molecule has 0 bridgehead atoms. The highest BCUT2D eigenvalue weighted by molar-refractivity contribution is 6.10. The molecule has 0 aromatic heterocycles. The maximum atomic E-state index is 12.9. The number of rotatable bonds is 4. The number of amides is 3. The molecule has 0 saturated heterocycles. The first-order valence-electron chi connectivity index (χ1n) is 7.99. The molecule has 2 rings (SSSR count). The summed E-state index contributed by atoms with van der Waals surface area (Å²) < 4.78 is 87.4. The highest BCUT2D eigenvalue weighted by Crippen LogP contribution is 2.37. The highest BCUT2D eigenvalue weighted by atomic mass is 19.4. The Hall–Kier alpha value is -3.44. The molecule has 2 aromatic rings. The fourth-order valence-corrected chi connectivity index (χ4v) is 2.43. The van der Waals surface area contributed by atoms with Crippen LogP contribution in [0.2, 0.25) is 0 Å². The van der Waals surface area contributed by atoms with E-state index in [4.69, 9.17) is 9.47 Å². The third-order valence-corrected chi connectivity index (χ3v) is 3.73. The number of halogens is 6. The summed E-state index contributed by atoms with van der Waals surface area (Å²) in [6.07, 6.45) is -10.2. The van der Waals surface area contributed by atoms with Crippen LogP contribution in [0.1, 0.15) is 21.5 Å². The van der Waals surface area contributed by atoms with Gasteiger partial charge in [0.2, 0.25) is 0 Å². The first kappa shape index (κ1) is 22.8. The van der Waals surface area contributed by atoms with Gasteiger partial charge in [-0.2, -0.15) is 26.3 Å². The summed E-state index contributed by atoms with van der Waals surface area (Å²) in [5, 5.41) is 3.59. The molecule has 6 nitrogen and oxygen atoms in total. The number of urea groups is 1. The largest absolute Gasteiger partial charge is 0.496 e. The lowest BCUT2D eigenvalue weighted by Crippen LogP contribution is -2.35. The van der Waals surface area contributed by atoms with Crippen molar-refractivity contribution in [3.05, 3.63) is 53.1 Å². The first-order chi connectivity index (χ1) is 13.9. The predicted octanol–water partition coefficient (Wildman–Crippen LogP) is 4.70. The van der Waals surface area contributed by atoms with Gasteiger partial charge < -0.3 is 14.8 Å². The van der Waals surface area contributed by atoms with Crippen LogP contribution in [-0.4, -0.2) is 26.2 Å². The van der Waals surface area contributed by atoms with Crippen molar-refractivity contribution in [1.82, 2.24) is 5.32 Å². The Morgan fingerprint density at radius 3 is 1.70 bits per heavy atom.